The van der Waals surface area contributed by atoms with Gasteiger partial charge >= 0.3 is 5.97 Å². The molecule has 0 unspecified atom stereocenters. The highest BCUT2D eigenvalue weighted by atomic mass is 35.5. The van der Waals surface area contributed by atoms with Crippen molar-refractivity contribution >= 4 is 29.1 Å². The first-order chi connectivity index (χ1) is 8.56. The maximum Gasteiger partial charge on any atom is 0.336 e. The molecule has 0 fully saturated rings. The van der Waals surface area contributed by atoms with Gasteiger partial charge in [-0.05, 0) is 24.6 Å². The molecule has 0 radical (unpaired) electrons. The molecule has 1 aromatic heterocycles. The molecule has 0 saturated heterocycles. The van der Waals surface area contributed by atoms with Crippen LogP contribution in [0.3, 0.4) is 0 Å². The summed E-state index contributed by atoms with van der Waals surface area (Å²) in [7, 11) is 0. The molecule has 0 aliphatic rings. The molecule has 18 heavy (non-hydrogen) atoms. The number of nitrogens with one attached hydrogen (secondary N) is 1. The first-order valence-electron chi connectivity index (χ1n) is 5.15. The Morgan fingerprint density at radius 1 is 1.39 bits per heavy atom. The van der Waals surface area contributed by atoms with Gasteiger partial charge in [0.25, 0.3) is 0 Å². The van der Waals surface area contributed by atoms with Crippen LogP contribution in [-0.4, -0.2) is 21.0 Å². The van der Waals surface area contributed by atoms with Crippen molar-refractivity contribution in [3.05, 3.63) is 46.9 Å². The van der Waals surface area contributed by atoms with Crippen molar-refractivity contribution in [2.75, 3.05) is 5.32 Å². The summed E-state index contributed by atoms with van der Waals surface area (Å²) < 4.78 is 0. The van der Waals surface area contributed by atoms with Gasteiger partial charge in [-0.1, -0.05) is 17.7 Å². The Hall–Kier alpha value is -2.14. The number of aryl methyl sites for hydroxylation is 1. The highest BCUT2D eigenvalue weighted by Crippen LogP contribution is 2.19. The Morgan fingerprint density at radius 2 is 2.17 bits per heavy atom. The number of benzene rings is 1. The van der Waals surface area contributed by atoms with Crippen molar-refractivity contribution in [3.8, 4) is 0 Å². The molecule has 1 aromatic carbocycles. The van der Waals surface area contributed by atoms with Gasteiger partial charge in [-0.3, -0.25) is 4.98 Å². The number of carboxylic acids is 1. The number of carboxylic acid groups (broad SMARTS) is 1. The zero-order valence-electron chi connectivity index (χ0n) is 9.51. The fourth-order valence-corrected chi connectivity index (χ4v) is 1.63. The highest BCUT2D eigenvalue weighted by Gasteiger charge is 2.08. The van der Waals surface area contributed by atoms with E-state index in [1.54, 1.807) is 25.1 Å². The number of halogens is 1. The zero-order chi connectivity index (χ0) is 13.1. The molecular weight excluding hydrogens is 254 g/mol. The zero-order valence-corrected chi connectivity index (χ0v) is 10.3. The molecule has 0 atom stereocenters. The van der Waals surface area contributed by atoms with E-state index in [9.17, 15) is 4.79 Å². The molecule has 92 valence electrons. The molecular formula is C12H10ClN3O2. The van der Waals surface area contributed by atoms with Crippen molar-refractivity contribution in [1.29, 1.82) is 0 Å². The number of hydrogen-bond donors (Lipinski definition) is 2. The van der Waals surface area contributed by atoms with Gasteiger partial charge in [0, 0.05) is 5.69 Å². The quantitative estimate of drug-likeness (QED) is 0.891. The van der Waals surface area contributed by atoms with Crippen LogP contribution >= 0.6 is 11.6 Å². The minimum absolute atomic E-state index is 0.245. The van der Waals surface area contributed by atoms with Crippen LogP contribution in [0.4, 0.5) is 11.5 Å². The lowest BCUT2D eigenvalue weighted by Gasteiger charge is -2.07. The molecule has 0 aliphatic carbocycles. The SMILES string of the molecule is Cc1ccc(Nc2cncc(Cl)n2)cc1C(=O)O. The van der Waals surface area contributed by atoms with Crippen LogP contribution < -0.4 is 5.32 Å². The summed E-state index contributed by atoms with van der Waals surface area (Å²) >= 11 is 5.71. The summed E-state index contributed by atoms with van der Waals surface area (Å²) in [4.78, 5) is 18.9. The maximum atomic E-state index is 11.0. The molecule has 0 aliphatic heterocycles. The second-order valence-corrected chi connectivity index (χ2v) is 4.07. The van der Waals surface area contributed by atoms with E-state index < -0.39 is 5.97 Å². The number of aromatic carboxylic acids is 1. The Labute approximate surface area is 108 Å². The van der Waals surface area contributed by atoms with E-state index in [0.717, 1.165) is 0 Å². The minimum Gasteiger partial charge on any atom is -0.478 e. The van der Waals surface area contributed by atoms with Crippen molar-refractivity contribution in [3.63, 3.8) is 0 Å². The number of anilines is 2. The first kappa shape index (κ1) is 12.3. The second kappa shape index (κ2) is 5.01. The van der Waals surface area contributed by atoms with E-state index >= 15 is 0 Å². The summed E-state index contributed by atoms with van der Waals surface area (Å²) in [5.41, 5.74) is 1.56. The van der Waals surface area contributed by atoms with Gasteiger partial charge in [-0.15, -0.1) is 0 Å². The average molecular weight is 264 g/mol. The molecule has 2 rings (SSSR count). The Balaban J connectivity index is 2.30. The van der Waals surface area contributed by atoms with Gasteiger partial charge in [0.2, 0.25) is 0 Å². The molecule has 1 heterocycles. The van der Waals surface area contributed by atoms with Crippen molar-refractivity contribution in [1.82, 2.24) is 9.97 Å². The molecule has 2 N–H and O–H groups in total. The molecule has 5 nitrogen and oxygen atoms in total. The highest BCUT2D eigenvalue weighted by molar-refractivity contribution is 6.29. The van der Waals surface area contributed by atoms with E-state index in [2.05, 4.69) is 15.3 Å². The van der Waals surface area contributed by atoms with Crippen LogP contribution in [0.1, 0.15) is 15.9 Å². The van der Waals surface area contributed by atoms with Crippen LogP contribution in [0.25, 0.3) is 0 Å². The molecule has 0 saturated carbocycles. The normalized spacial score (nSPS) is 10.1. The molecule has 2 aromatic rings. The summed E-state index contributed by atoms with van der Waals surface area (Å²) in [5.74, 6) is -0.504. The van der Waals surface area contributed by atoms with Gasteiger partial charge in [0.1, 0.15) is 5.15 Å². The molecule has 6 heteroatoms. The predicted octanol–water partition coefficient (Wildman–Crippen LogP) is 2.88. The third kappa shape index (κ3) is 2.75. The third-order valence-corrected chi connectivity index (χ3v) is 2.53. The van der Waals surface area contributed by atoms with Gasteiger partial charge in [-0.25, -0.2) is 9.78 Å². The fourth-order valence-electron chi connectivity index (χ4n) is 1.48. The van der Waals surface area contributed by atoms with Crippen molar-refractivity contribution in [2.45, 2.75) is 6.92 Å². The minimum atomic E-state index is -0.965. The number of carbonyl (C=O) groups is 1. The van der Waals surface area contributed by atoms with Gasteiger partial charge in [0.05, 0.1) is 18.0 Å². The van der Waals surface area contributed by atoms with Crippen molar-refractivity contribution in [2.24, 2.45) is 0 Å². The van der Waals surface area contributed by atoms with Crippen molar-refractivity contribution < 1.29 is 9.90 Å². The topological polar surface area (TPSA) is 75.1 Å². The van der Waals surface area contributed by atoms with Crippen LogP contribution in [0.15, 0.2) is 30.6 Å². The number of nitrogens with zero attached hydrogens (tertiary/aromatic N) is 2. The van der Waals surface area contributed by atoms with Gasteiger partial charge in [0.15, 0.2) is 5.82 Å². The lowest BCUT2D eigenvalue weighted by molar-refractivity contribution is 0.0696. The number of aromatic nitrogens is 2. The average Bonchev–Trinajstić information content (AvgIpc) is 2.31. The summed E-state index contributed by atoms with van der Waals surface area (Å²) in [6.07, 6.45) is 2.93. The molecule has 0 amide bonds. The number of rotatable bonds is 3. The van der Waals surface area contributed by atoms with Crippen LogP contribution in [0, 0.1) is 6.92 Å². The summed E-state index contributed by atoms with van der Waals surface area (Å²) in [5, 5.41) is 12.2. The third-order valence-electron chi connectivity index (χ3n) is 2.35. The summed E-state index contributed by atoms with van der Waals surface area (Å²) in [6.45, 7) is 1.74. The van der Waals surface area contributed by atoms with Crippen LogP contribution in [-0.2, 0) is 0 Å². The van der Waals surface area contributed by atoms with E-state index in [1.165, 1.54) is 12.4 Å². The maximum absolute atomic E-state index is 11.0. The van der Waals surface area contributed by atoms with E-state index in [-0.39, 0.29) is 10.7 Å². The lowest BCUT2D eigenvalue weighted by atomic mass is 10.1. The van der Waals surface area contributed by atoms with Crippen LogP contribution in [0.2, 0.25) is 5.15 Å². The Morgan fingerprint density at radius 3 is 2.83 bits per heavy atom. The molecule has 0 spiro atoms. The monoisotopic (exact) mass is 263 g/mol. The van der Waals surface area contributed by atoms with Gasteiger partial charge in [-0.2, -0.15) is 0 Å². The van der Waals surface area contributed by atoms with E-state index in [4.69, 9.17) is 16.7 Å². The largest absolute Gasteiger partial charge is 0.478 e. The molecule has 0 bridgehead atoms. The second-order valence-electron chi connectivity index (χ2n) is 3.69. The number of hydrogen-bond acceptors (Lipinski definition) is 4. The predicted molar refractivity (Wildman–Crippen MR) is 68.5 cm³/mol. The Bertz CT molecular complexity index is 602. The fraction of sp³-hybridized carbons (Fsp3) is 0.0833. The van der Waals surface area contributed by atoms with Crippen LogP contribution in [0.5, 0.6) is 0 Å². The standard InChI is InChI=1S/C12H10ClN3O2/c1-7-2-3-8(4-9(7)12(17)18)15-11-6-14-5-10(13)16-11/h2-6H,1H3,(H,15,16)(H,17,18). The van der Waals surface area contributed by atoms with Gasteiger partial charge < -0.3 is 10.4 Å². The lowest BCUT2D eigenvalue weighted by Crippen LogP contribution is -2.02. The smallest absolute Gasteiger partial charge is 0.336 e. The summed E-state index contributed by atoms with van der Waals surface area (Å²) in [6, 6.07) is 5.04. The van der Waals surface area contributed by atoms with E-state index in [0.29, 0.717) is 17.1 Å². The van der Waals surface area contributed by atoms with E-state index in [1.807, 2.05) is 0 Å². The first-order valence-corrected chi connectivity index (χ1v) is 5.52. The Kier molecular flexibility index (Phi) is 3.43.